The molecule has 1 N–H and O–H groups in total. The third-order valence-electron chi connectivity index (χ3n) is 5.50. The van der Waals surface area contributed by atoms with Gasteiger partial charge in [-0.2, -0.15) is 0 Å². The van der Waals surface area contributed by atoms with Gasteiger partial charge >= 0.3 is 0 Å². The maximum atomic E-state index is 11.4. The smallest absolute Gasteiger partial charge is 0.127 e. The molecule has 2 heteroatoms. The summed E-state index contributed by atoms with van der Waals surface area (Å²) in [4.78, 5) is 0. The highest BCUT2D eigenvalue weighted by Gasteiger charge is 2.41. The Labute approximate surface area is 175 Å². The van der Waals surface area contributed by atoms with Crippen molar-refractivity contribution in [2.75, 3.05) is 0 Å². The molecule has 4 rings (SSSR count). The quantitative estimate of drug-likeness (QED) is 0.523. The van der Waals surface area contributed by atoms with Crippen LogP contribution in [0.25, 0.3) is 0 Å². The van der Waals surface area contributed by atoms with Crippen LogP contribution in [0.1, 0.15) is 31.9 Å². The number of hydrogen-bond donors (Lipinski definition) is 1. The molecule has 146 valence electrons. The van der Waals surface area contributed by atoms with Crippen molar-refractivity contribution < 1.29 is 5.11 Å². The van der Waals surface area contributed by atoms with Gasteiger partial charge in [0, 0.05) is 5.30 Å². The molecule has 0 aliphatic heterocycles. The van der Waals surface area contributed by atoms with Crippen molar-refractivity contribution in [3.8, 4) is 5.75 Å². The van der Waals surface area contributed by atoms with Crippen LogP contribution in [0.15, 0.2) is 103 Å². The molecule has 0 saturated heterocycles. The van der Waals surface area contributed by atoms with Crippen molar-refractivity contribution in [2.24, 2.45) is 0 Å². The topological polar surface area (TPSA) is 20.2 Å². The molecule has 0 heterocycles. The first-order chi connectivity index (χ1) is 13.9. The van der Waals surface area contributed by atoms with E-state index in [1.54, 1.807) is 0 Å². The lowest BCUT2D eigenvalue weighted by Crippen LogP contribution is -2.29. The van der Waals surface area contributed by atoms with E-state index in [2.05, 4.69) is 118 Å². The third-order valence-corrected chi connectivity index (χ3v) is 8.45. The van der Waals surface area contributed by atoms with Gasteiger partial charge in [0.2, 0.25) is 0 Å². The van der Waals surface area contributed by atoms with Crippen LogP contribution in [0.2, 0.25) is 0 Å². The van der Waals surface area contributed by atoms with E-state index in [1.165, 1.54) is 10.9 Å². The van der Waals surface area contributed by atoms with Crippen LogP contribution in [0, 0.1) is 0 Å². The van der Waals surface area contributed by atoms with Gasteiger partial charge in [0.25, 0.3) is 0 Å². The number of phenols is 1. The SMILES string of the molecule is CC(C)(C)c1cccc(P(c2ccccc2)C2(c3ccccc3)C=CC=C2)c1O. The molecule has 0 aromatic heterocycles. The second-order valence-corrected chi connectivity index (χ2v) is 10.9. The second-order valence-electron chi connectivity index (χ2n) is 8.50. The van der Waals surface area contributed by atoms with Gasteiger partial charge in [-0.1, -0.05) is 124 Å². The van der Waals surface area contributed by atoms with Gasteiger partial charge in [-0.15, -0.1) is 0 Å². The standard InChI is InChI=1S/C27H27OP/c1-26(2,3)23-17-12-18-24(25(23)28)29(22-15-8-5-9-16-22)27(19-10-11-20-27)21-13-6-4-7-14-21/h4-20,28H,1-3H3. The van der Waals surface area contributed by atoms with Gasteiger partial charge in [0.1, 0.15) is 5.75 Å². The minimum Gasteiger partial charge on any atom is -0.507 e. The summed E-state index contributed by atoms with van der Waals surface area (Å²) in [5.41, 5.74) is 2.12. The van der Waals surface area contributed by atoms with Crippen molar-refractivity contribution in [3.63, 3.8) is 0 Å². The van der Waals surface area contributed by atoms with Crippen LogP contribution >= 0.6 is 7.92 Å². The fourth-order valence-electron chi connectivity index (χ4n) is 4.08. The Kier molecular flexibility index (Phi) is 5.19. The highest BCUT2D eigenvalue weighted by molar-refractivity contribution is 7.74. The Morgan fingerprint density at radius 1 is 0.724 bits per heavy atom. The van der Waals surface area contributed by atoms with Crippen LogP contribution in [0.3, 0.4) is 0 Å². The van der Waals surface area contributed by atoms with Crippen LogP contribution in [-0.2, 0) is 10.6 Å². The molecule has 0 spiro atoms. The first-order valence-electron chi connectivity index (χ1n) is 10.0. The van der Waals surface area contributed by atoms with Gasteiger partial charge in [0.15, 0.2) is 0 Å². The minimum atomic E-state index is -0.920. The summed E-state index contributed by atoms with van der Waals surface area (Å²) < 4.78 is 0. The maximum Gasteiger partial charge on any atom is 0.127 e. The van der Waals surface area contributed by atoms with E-state index in [-0.39, 0.29) is 10.6 Å². The summed E-state index contributed by atoms with van der Waals surface area (Å²) >= 11 is 0. The van der Waals surface area contributed by atoms with E-state index in [1.807, 2.05) is 6.07 Å². The van der Waals surface area contributed by atoms with Crippen LogP contribution < -0.4 is 10.6 Å². The molecule has 1 aliphatic rings. The first kappa shape index (κ1) is 19.7. The van der Waals surface area contributed by atoms with Gasteiger partial charge in [0.05, 0.1) is 5.16 Å². The normalized spacial score (nSPS) is 16.1. The number of para-hydroxylation sites is 1. The van der Waals surface area contributed by atoms with E-state index in [0.717, 1.165) is 10.9 Å². The second kappa shape index (κ2) is 7.65. The molecule has 0 bridgehead atoms. The largest absolute Gasteiger partial charge is 0.507 e. The molecule has 1 nitrogen and oxygen atoms in total. The van der Waals surface area contributed by atoms with E-state index >= 15 is 0 Å². The molecule has 0 fully saturated rings. The molecule has 1 aliphatic carbocycles. The van der Waals surface area contributed by atoms with Gasteiger partial charge < -0.3 is 5.11 Å². The lowest BCUT2D eigenvalue weighted by Gasteiger charge is -2.37. The van der Waals surface area contributed by atoms with Gasteiger partial charge in [-0.25, -0.2) is 0 Å². The van der Waals surface area contributed by atoms with Crippen molar-refractivity contribution in [2.45, 2.75) is 31.3 Å². The van der Waals surface area contributed by atoms with Crippen molar-refractivity contribution in [1.82, 2.24) is 0 Å². The lowest BCUT2D eigenvalue weighted by atomic mass is 9.86. The van der Waals surface area contributed by atoms with Gasteiger partial charge in [-0.05, 0) is 29.8 Å². The summed E-state index contributed by atoms with van der Waals surface area (Å²) in [5.74, 6) is 0.430. The van der Waals surface area contributed by atoms with E-state index in [0.29, 0.717) is 5.75 Å². The predicted octanol–water partition coefficient (Wildman–Crippen LogP) is 6.14. The van der Waals surface area contributed by atoms with Crippen LogP contribution in [-0.4, -0.2) is 5.11 Å². The lowest BCUT2D eigenvalue weighted by molar-refractivity contribution is 0.451. The number of phenolic OH excluding ortho intramolecular Hbond substituents is 1. The Morgan fingerprint density at radius 3 is 1.90 bits per heavy atom. The van der Waals surface area contributed by atoms with E-state index in [9.17, 15) is 5.11 Å². The zero-order valence-electron chi connectivity index (χ0n) is 17.2. The number of benzene rings is 3. The highest BCUT2D eigenvalue weighted by Crippen LogP contribution is 2.59. The molecular formula is C27H27OP. The summed E-state index contributed by atoms with van der Waals surface area (Å²) in [5, 5.41) is 13.4. The predicted molar refractivity (Wildman–Crippen MR) is 126 cm³/mol. The van der Waals surface area contributed by atoms with E-state index < -0.39 is 7.92 Å². The minimum absolute atomic E-state index is 0.126. The third kappa shape index (κ3) is 3.56. The molecule has 0 radical (unpaired) electrons. The Balaban J connectivity index is 2.01. The Bertz CT molecular complexity index is 1030. The zero-order chi connectivity index (χ0) is 20.5. The average molecular weight is 398 g/mol. The van der Waals surface area contributed by atoms with Crippen molar-refractivity contribution in [3.05, 3.63) is 114 Å². The number of rotatable bonds is 4. The molecule has 0 amide bonds. The van der Waals surface area contributed by atoms with Crippen molar-refractivity contribution in [1.29, 1.82) is 0 Å². The zero-order valence-corrected chi connectivity index (χ0v) is 18.1. The summed E-state index contributed by atoms with van der Waals surface area (Å²) in [7, 11) is -0.920. The average Bonchev–Trinajstić information content (AvgIpc) is 3.21. The fourth-order valence-corrected chi connectivity index (χ4v) is 7.10. The molecule has 1 atom stereocenters. The molecule has 29 heavy (non-hydrogen) atoms. The molecule has 3 aromatic carbocycles. The summed E-state index contributed by atoms with van der Waals surface area (Å²) in [6.07, 6.45) is 8.86. The summed E-state index contributed by atoms with van der Waals surface area (Å²) in [6, 6.07) is 27.5. The van der Waals surface area contributed by atoms with E-state index in [4.69, 9.17) is 0 Å². The maximum absolute atomic E-state index is 11.4. The Hall–Kier alpha value is -2.63. The number of aromatic hydroxyl groups is 1. The van der Waals surface area contributed by atoms with Crippen molar-refractivity contribution >= 4 is 18.5 Å². The highest BCUT2D eigenvalue weighted by atomic mass is 31.1. The first-order valence-corrected chi connectivity index (χ1v) is 11.4. The fraction of sp³-hybridized carbons (Fsp3) is 0.185. The van der Waals surface area contributed by atoms with Gasteiger partial charge in [-0.3, -0.25) is 0 Å². The molecule has 0 saturated carbocycles. The molecule has 3 aromatic rings. The number of allylic oxidation sites excluding steroid dienone is 4. The van der Waals surface area contributed by atoms with Crippen LogP contribution in [0.4, 0.5) is 0 Å². The molecular weight excluding hydrogens is 371 g/mol. The van der Waals surface area contributed by atoms with Crippen LogP contribution in [0.5, 0.6) is 5.75 Å². The number of hydrogen-bond acceptors (Lipinski definition) is 1. The molecule has 1 unspecified atom stereocenters. The Morgan fingerprint density at radius 2 is 1.31 bits per heavy atom. The summed E-state index contributed by atoms with van der Waals surface area (Å²) in [6.45, 7) is 6.46. The monoisotopic (exact) mass is 398 g/mol.